The number of carbonyl (C=O) groups is 1. The molecule has 1 atom stereocenters. The van der Waals surface area contributed by atoms with Crippen LogP contribution in [0.5, 0.6) is 11.5 Å². The molecule has 0 aliphatic carbocycles. The Bertz CT molecular complexity index is 976. The minimum Gasteiger partial charge on any atom is -0.507 e. The first kappa shape index (κ1) is 33.8. The molecular weight excluding hydrogens is 525 g/mol. The number of nitrogens with two attached hydrogens (primary N) is 1. The summed E-state index contributed by atoms with van der Waals surface area (Å²) in [7, 11) is -0.247. The molecule has 9 heteroatoms. The van der Waals surface area contributed by atoms with Gasteiger partial charge in [0.1, 0.15) is 5.75 Å². The maximum Gasteiger partial charge on any atom is 0.252 e. The molecule has 0 heterocycles. The summed E-state index contributed by atoms with van der Waals surface area (Å²) in [5, 5.41) is 13.0. The molecule has 2 aromatic rings. The third-order valence-electron chi connectivity index (χ3n) is 6.87. The summed E-state index contributed by atoms with van der Waals surface area (Å²) in [5.41, 5.74) is 10.4. The normalized spacial score (nSPS) is 11.3. The Morgan fingerprint density at radius 1 is 0.900 bits per heavy atom. The van der Waals surface area contributed by atoms with E-state index >= 15 is 0 Å². The van der Waals surface area contributed by atoms with Gasteiger partial charge in [0.05, 0.1) is 12.2 Å². The summed E-state index contributed by atoms with van der Waals surface area (Å²) in [5.74, 6) is -0.253. The van der Waals surface area contributed by atoms with Crippen LogP contribution in [-0.4, -0.2) is 17.6 Å². The number of carbonyl (C=O) groups excluding carboxylic acids is 1. The molecule has 1 unspecified atom stereocenters. The lowest BCUT2D eigenvalue weighted by Gasteiger charge is -2.12. The molecule has 40 heavy (non-hydrogen) atoms. The van der Waals surface area contributed by atoms with Gasteiger partial charge in [-0.25, -0.2) is 5.48 Å². The number of para-hydroxylation sites is 1. The molecule has 8 nitrogen and oxygen atoms in total. The van der Waals surface area contributed by atoms with Crippen molar-refractivity contribution in [1.29, 1.82) is 0 Å². The maximum absolute atomic E-state index is 11.5. The summed E-state index contributed by atoms with van der Waals surface area (Å²) in [6, 6.07) is 10.7. The van der Waals surface area contributed by atoms with Crippen LogP contribution in [0.4, 0.5) is 5.69 Å². The van der Waals surface area contributed by atoms with Crippen LogP contribution in [-0.2, 0) is 16.1 Å². The zero-order valence-electron chi connectivity index (χ0n) is 24.4. The number of amides is 1. The minimum atomic E-state index is -0.698. The van der Waals surface area contributed by atoms with Gasteiger partial charge in [-0.3, -0.25) is 9.63 Å². The lowest BCUT2D eigenvalue weighted by Crippen LogP contribution is -2.16. The molecule has 0 aliphatic heterocycles. The van der Waals surface area contributed by atoms with Crippen molar-refractivity contribution < 1.29 is 24.3 Å². The Morgan fingerprint density at radius 3 is 2.12 bits per heavy atom. The number of rotatable bonds is 24. The van der Waals surface area contributed by atoms with E-state index < -0.39 is 5.91 Å². The summed E-state index contributed by atoms with van der Waals surface area (Å²) in [4.78, 5) is 22.6. The third-order valence-corrected chi connectivity index (χ3v) is 7.43. The fraction of sp³-hybridized carbons (Fsp3) is 0.581. The van der Waals surface area contributed by atoms with E-state index in [4.69, 9.17) is 20.1 Å². The second kappa shape index (κ2) is 21.4. The Balaban J connectivity index is 1.50. The molecule has 0 radical (unpaired) electrons. The zero-order chi connectivity index (χ0) is 28.8. The number of anilines is 1. The second-order valence-electron chi connectivity index (χ2n) is 10.3. The van der Waals surface area contributed by atoms with Crippen LogP contribution < -0.4 is 21.2 Å². The quantitative estimate of drug-likeness (QED) is 0.0328. The van der Waals surface area contributed by atoms with Gasteiger partial charge < -0.3 is 20.8 Å². The van der Waals surface area contributed by atoms with E-state index in [1.165, 1.54) is 89.5 Å². The van der Waals surface area contributed by atoms with Crippen LogP contribution >= 0.6 is 8.96 Å². The summed E-state index contributed by atoms with van der Waals surface area (Å²) >= 11 is 0. The van der Waals surface area contributed by atoms with E-state index in [1.54, 1.807) is 13.0 Å². The van der Waals surface area contributed by atoms with Crippen LogP contribution in [0.25, 0.3) is 0 Å². The van der Waals surface area contributed by atoms with Crippen LogP contribution in [0, 0.1) is 6.92 Å². The Hall–Kier alpha value is -2.38. The number of phenols is 1. The van der Waals surface area contributed by atoms with E-state index in [-0.39, 0.29) is 20.3 Å². The molecule has 224 valence electrons. The highest BCUT2D eigenvalue weighted by molar-refractivity contribution is 7.34. The highest BCUT2D eigenvalue weighted by Crippen LogP contribution is 2.29. The van der Waals surface area contributed by atoms with Gasteiger partial charge >= 0.3 is 0 Å². The first-order chi connectivity index (χ1) is 19.5. The lowest BCUT2D eigenvalue weighted by molar-refractivity contribution is -0.0864. The van der Waals surface area contributed by atoms with Gasteiger partial charge in [-0.1, -0.05) is 109 Å². The molecule has 2 aromatic carbocycles. The number of primary amides is 1. The summed E-state index contributed by atoms with van der Waals surface area (Å²) < 4.78 is 5.33. The van der Waals surface area contributed by atoms with Gasteiger partial charge in [0.25, 0.3) is 5.91 Å². The Morgan fingerprint density at radius 2 is 1.50 bits per heavy atom. The average molecular weight is 576 g/mol. The van der Waals surface area contributed by atoms with E-state index in [1.807, 2.05) is 24.3 Å². The maximum atomic E-state index is 11.5. The van der Waals surface area contributed by atoms with E-state index in [0.717, 1.165) is 18.5 Å². The molecule has 0 aromatic heterocycles. The number of hydroxylamine groups is 1. The molecule has 0 saturated carbocycles. The number of aromatic hydroxyl groups is 1. The first-order valence-electron chi connectivity index (χ1n) is 14.9. The SMILES string of the molecule is CCCCCCCCCCCCCCCCNOCc1ccccc1OOPNc1cc(C)c(O)c(C(N)=O)c1. The van der Waals surface area contributed by atoms with E-state index in [2.05, 4.69) is 17.5 Å². The molecule has 0 saturated heterocycles. The first-order valence-corrected chi connectivity index (χ1v) is 15.8. The lowest BCUT2D eigenvalue weighted by atomic mass is 10.0. The number of benzene rings is 2. The molecule has 0 bridgehead atoms. The van der Waals surface area contributed by atoms with Crippen LogP contribution in [0.15, 0.2) is 36.4 Å². The fourth-order valence-corrected chi connectivity index (χ4v) is 4.92. The molecule has 1 amide bonds. The minimum absolute atomic E-state index is 0.0531. The predicted molar refractivity (Wildman–Crippen MR) is 165 cm³/mol. The fourth-order valence-electron chi connectivity index (χ4n) is 4.48. The van der Waals surface area contributed by atoms with Crippen molar-refractivity contribution in [3.8, 4) is 11.5 Å². The number of aryl methyl sites for hydroxylation is 1. The van der Waals surface area contributed by atoms with Gasteiger partial charge in [-0.2, -0.15) is 0 Å². The number of hydrogen-bond acceptors (Lipinski definition) is 7. The number of hydrogen-bond donors (Lipinski definition) is 4. The number of nitrogens with one attached hydrogen (secondary N) is 2. The zero-order valence-corrected chi connectivity index (χ0v) is 25.4. The van der Waals surface area contributed by atoms with Crippen molar-refractivity contribution in [1.82, 2.24) is 5.48 Å². The van der Waals surface area contributed by atoms with E-state index in [9.17, 15) is 9.90 Å². The van der Waals surface area contributed by atoms with Gasteiger partial charge in [0.15, 0.2) is 14.7 Å². The third kappa shape index (κ3) is 14.3. The predicted octanol–water partition coefficient (Wildman–Crippen LogP) is 8.23. The van der Waals surface area contributed by atoms with Gasteiger partial charge in [0, 0.05) is 17.8 Å². The highest BCUT2D eigenvalue weighted by Gasteiger charge is 2.12. The second-order valence-corrected chi connectivity index (χ2v) is 11.0. The molecule has 0 fully saturated rings. The molecule has 2 rings (SSSR count). The topological polar surface area (TPSA) is 115 Å². The largest absolute Gasteiger partial charge is 0.507 e. The van der Waals surface area contributed by atoms with Crippen molar-refractivity contribution in [3.63, 3.8) is 0 Å². The smallest absolute Gasteiger partial charge is 0.252 e. The summed E-state index contributed by atoms with van der Waals surface area (Å²) in [6.45, 7) is 5.14. The monoisotopic (exact) mass is 575 g/mol. The van der Waals surface area contributed by atoms with E-state index in [0.29, 0.717) is 23.6 Å². The van der Waals surface area contributed by atoms with Crippen molar-refractivity contribution in [2.45, 2.75) is 110 Å². The average Bonchev–Trinajstić information content (AvgIpc) is 2.95. The van der Waals surface area contributed by atoms with Crippen LogP contribution in [0.3, 0.4) is 0 Å². The van der Waals surface area contributed by atoms with Crippen LogP contribution in [0.2, 0.25) is 0 Å². The van der Waals surface area contributed by atoms with Crippen molar-refractivity contribution in [2.75, 3.05) is 11.6 Å². The Labute approximate surface area is 242 Å². The van der Waals surface area contributed by atoms with Crippen molar-refractivity contribution in [2.24, 2.45) is 5.73 Å². The van der Waals surface area contributed by atoms with Gasteiger partial charge in [0.2, 0.25) is 0 Å². The number of unbranched alkanes of at least 4 members (excludes halogenated alkanes) is 13. The molecular formula is C31H50N3O5P. The molecule has 0 spiro atoms. The van der Waals surface area contributed by atoms with Crippen LogP contribution in [0.1, 0.15) is 118 Å². The van der Waals surface area contributed by atoms with Gasteiger partial charge in [-0.15, -0.1) is 4.67 Å². The highest BCUT2D eigenvalue weighted by atomic mass is 31.1. The molecule has 5 N–H and O–H groups in total. The van der Waals surface area contributed by atoms with Gasteiger partial charge in [-0.05, 0) is 37.1 Å². The summed E-state index contributed by atoms with van der Waals surface area (Å²) in [6.07, 6.45) is 18.9. The molecule has 0 aliphatic rings. The Kier molecular flexibility index (Phi) is 18.1. The van der Waals surface area contributed by atoms with Crippen molar-refractivity contribution >= 4 is 20.6 Å². The standard InChI is InChI=1S/C31H50N3O5P/c1-3-4-5-6-7-8-9-10-11-12-13-14-15-18-21-33-37-24-26-19-16-17-20-29(26)38-39-40-34-27-22-25(2)30(35)28(23-27)31(32)36/h16-17,19-20,22-23,33-35,40H,3-15,18,21,24H2,1-2H3,(H2,32,36). The van der Waals surface area contributed by atoms with Crippen molar-refractivity contribution in [3.05, 3.63) is 53.1 Å².